The van der Waals surface area contributed by atoms with Crippen molar-refractivity contribution in [3.8, 4) is 0 Å². The summed E-state index contributed by atoms with van der Waals surface area (Å²) < 4.78 is 0. The number of nitrogens with zero attached hydrogens (tertiary/aromatic N) is 2. The third-order valence-electron chi connectivity index (χ3n) is 2.60. The zero-order chi connectivity index (χ0) is 11.1. The molecule has 0 unspecified atom stereocenters. The van der Waals surface area contributed by atoms with Crippen LogP contribution in [-0.4, -0.2) is 36.1 Å². The number of hydrogen-bond acceptors (Lipinski definition) is 3. The maximum Gasteiger partial charge on any atom is 0.0271 e. The zero-order valence-corrected chi connectivity index (χ0v) is 9.90. The van der Waals surface area contributed by atoms with Gasteiger partial charge in [0, 0.05) is 38.1 Å². The predicted molar refractivity (Wildman–Crippen MR) is 63.7 cm³/mol. The van der Waals surface area contributed by atoms with Crippen LogP contribution in [0.3, 0.4) is 0 Å². The summed E-state index contributed by atoms with van der Waals surface area (Å²) in [7, 11) is 2.15. The van der Waals surface area contributed by atoms with Gasteiger partial charge in [-0.25, -0.2) is 0 Å². The van der Waals surface area contributed by atoms with E-state index in [1.54, 1.807) is 0 Å². The van der Waals surface area contributed by atoms with Crippen molar-refractivity contribution in [2.45, 2.75) is 26.4 Å². The smallest absolute Gasteiger partial charge is 0.0271 e. The maximum absolute atomic E-state index is 3.99. The second-order valence-corrected chi connectivity index (χ2v) is 4.11. The Bertz CT molecular complexity index is 259. The summed E-state index contributed by atoms with van der Waals surface area (Å²) in [4.78, 5) is 6.32. The molecule has 0 saturated carbocycles. The lowest BCUT2D eigenvalue weighted by atomic mass is 10.3. The van der Waals surface area contributed by atoms with Crippen LogP contribution in [0.5, 0.6) is 0 Å². The molecule has 0 bridgehead atoms. The van der Waals surface area contributed by atoms with Crippen LogP contribution in [0.1, 0.15) is 19.4 Å². The van der Waals surface area contributed by atoms with E-state index in [-0.39, 0.29) is 0 Å². The fraction of sp³-hybridized carbons (Fsp3) is 0.583. The molecule has 0 spiro atoms. The Kier molecular flexibility index (Phi) is 5.29. The normalized spacial score (nSPS) is 11.3. The standard InChI is InChI=1S/C12H21N3/c1-11(2)15(3)9-8-14-10-12-4-6-13-7-5-12/h4-7,11,14H,8-10H2,1-3H3. The van der Waals surface area contributed by atoms with Gasteiger partial charge >= 0.3 is 0 Å². The van der Waals surface area contributed by atoms with Crippen LogP contribution in [0, 0.1) is 0 Å². The van der Waals surface area contributed by atoms with Crippen molar-refractivity contribution in [3.05, 3.63) is 30.1 Å². The number of likely N-dealkylation sites (N-methyl/N-ethyl adjacent to an activating group) is 1. The van der Waals surface area contributed by atoms with Crippen LogP contribution < -0.4 is 5.32 Å². The molecule has 15 heavy (non-hydrogen) atoms. The average Bonchev–Trinajstić information content (AvgIpc) is 2.25. The van der Waals surface area contributed by atoms with Crippen LogP contribution in [0.4, 0.5) is 0 Å². The zero-order valence-electron chi connectivity index (χ0n) is 9.90. The minimum Gasteiger partial charge on any atom is -0.311 e. The third kappa shape index (κ3) is 4.91. The molecular weight excluding hydrogens is 186 g/mol. The molecule has 1 rings (SSSR count). The van der Waals surface area contributed by atoms with Crippen LogP contribution in [0.15, 0.2) is 24.5 Å². The Labute approximate surface area is 92.5 Å². The van der Waals surface area contributed by atoms with Crippen LogP contribution in [0.25, 0.3) is 0 Å². The van der Waals surface area contributed by atoms with Gasteiger partial charge in [0.25, 0.3) is 0 Å². The molecular formula is C12H21N3. The highest BCUT2D eigenvalue weighted by Gasteiger charge is 2.01. The Morgan fingerprint density at radius 3 is 2.60 bits per heavy atom. The van der Waals surface area contributed by atoms with Gasteiger partial charge in [-0.05, 0) is 38.6 Å². The van der Waals surface area contributed by atoms with E-state index in [1.807, 2.05) is 24.5 Å². The molecule has 1 heterocycles. The molecule has 0 fully saturated rings. The summed E-state index contributed by atoms with van der Waals surface area (Å²) in [6, 6.07) is 4.70. The van der Waals surface area contributed by atoms with E-state index >= 15 is 0 Å². The van der Waals surface area contributed by atoms with Gasteiger partial charge in [0.1, 0.15) is 0 Å². The second-order valence-electron chi connectivity index (χ2n) is 4.11. The number of hydrogen-bond donors (Lipinski definition) is 1. The molecule has 0 aliphatic carbocycles. The van der Waals surface area contributed by atoms with E-state index in [9.17, 15) is 0 Å². The summed E-state index contributed by atoms with van der Waals surface area (Å²) in [5, 5.41) is 3.42. The SMILES string of the molecule is CC(C)N(C)CCNCc1ccncc1. The highest BCUT2D eigenvalue weighted by atomic mass is 15.1. The Balaban J connectivity index is 2.12. The van der Waals surface area contributed by atoms with Crippen molar-refractivity contribution in [3.63, 3.8) is 0 Å². The topological polar surface area (TPSA) is 28.2 Å². The number of pyridine rings is 1. The molecule has 1 N–H and O–H groups in total. The van der Waals surface area contributed by atoms with Crippen molar-refractivity contribution in [1.29, 1.82) is 0 Å². The third-order valence-corrected chi connectivity index (χ3v) is 2.60. The van der Waals surface area contributed by atoms with Crippen molar-refractivity contribution in [1.82, 2.24) is 15.2 Å². The number of nitrogens with one attached hydrogen (secondary N) is 1. The fourth-order valence-corrected chi connectivity index (χ4v) is 1.25. The molecule has 0 atom stereocenters. The monoisotopic (exact) mass is 207 g/mol. The first kappa shape index (κ1) is 12.1. The van der Waals surface area contributed by atoms with Gasteiger partial charge in [-0.15, -0.1) is 0 Å². The van der Waals surface area contributed by atoms with E-state index in [0.717, 1.165) is 19.6 Å². The lowest BCUT2D eigenvalue weighted by molar-refractivity contribution is 0.273. The van der Waals surface area contributed by atoms with Crippen LogP contribution >= 0.6 is 0 Å². The second kappa shape index (κ2) is 6.53. The highest BCUT2D eigenvalue weighted by molar-refractivity contribution is 5.08. The highest BCUT2D eigenvalue weighted by Crippen LogP contribution is 1.95. The molecule has 0 aromatic carbocycles. The lowest BCUT2D eigenvalue weighted by Crippen LogP contribution is -2.33. The van der Waals surface area contributed by atoms with Crippen molar-refractivity contribution >= 4 is 0 Å². The Hall–Kier alpha value is -0.930. The van der Waals surface area contributed by atoms with Gasteiger partial charge in [-0.2, -0.15) is 0 Å². The lowest BCUT2D eigenvalue weighted by Gasteiger charge is -2.20. The van der Waals surface area contributed by atoms with E-state index < -0.39 is 0 Å². The summed E-state index contributed by atoms with van der Waals surface area (Å²) in [6.07, 6.45) is 3.66. The van der Waals surface area contributed by atoms with Crippen LogP contribution in [-0.2, 0) is 6.54 Å². The van der Waals surface area contributed by atoms with Gasteiger partial charge < -0.3 is 10.2 Å². The van der Waals surface area contributed by atoms with E-state index in [1.165, 1.54) is 5.56 Å². The van der Waals surface area contributed by atoms with E-state index in [4.69, 9.17) is 0 Å². The molecule has 0 aliphatic rings. The average molecular weight is 207 g/mol. The van der Waals surface area contributed by atoms with Gasteiger partial charge in [0.05, 0.1) is 0 Å². The maximum atomic E-state index is 3.99. The largest absolute Gasteiger partial charge is 0.311 e. The molecule has 1 aromatic rings. The van der Waals surface area contributed by atoms with Crippen LogP contribution in [0.2, 0.25) is 0 Å². The Morgan fingerprint density at radius 2 is 2.00 bits per heavy atom. The van der Waals surface area contributed by atoms with Gasteiger partial charge in [-0.1, -0.05) is 0 Å². The van der Waals surface area contributed by atoms with Gasteiger partial charge in [0.15, 0.2) is 0 Å². The fourth-order valence-electron chi connectivity index (χ4n) is 1.25. The van der Waals surface area contributed by atoms with Crippen molar-refractivity contribution < 1.29 is 0 Å². The summed E-state index contributed by atoms with van der Waals surface area (Å²) in [6.45, 7) is 7.46. The van der Waals surface area contributed by atoms with E-state index in [2.05, 4.69) is 36.1 Å². The van der Waals surface area contributed by atoms with Crippen molar-refractivity contribution in [2.75, 3.05) is 20.1 Å². The van der Waals surface area contributed by atoms with Gasteiger partial charge in [-0.3, -0.25) is 4.98 Å². The molecule has 0 saturated heterocycles. The van der Waals surface area contributed by atoms with E-state index in [0.29, 0.717) is 6.04 Å². The quantitative estimate of drug-likeness (QED) is 0.717. The molecule has 1 aromatic heterocycles. The molecule has 84 valence electrons. The number of aromatic nitrogens is 1. The minimum absolute atomic E-state index is 0.618. The summed E-state index contributed by atoms with van der Waals surface area (Å²) >= 11 is 0. The molecule has 0 radical (unpaired) electrons. The van der Waals surface area contributed by atoms with Gasteiger partial charge in [0.2, 0.25) is 0 Å². The first-order valence-electron chi connectivity index (χ1n) is 5.50. The Morgan fingerprint density at radius 1 is 1.33 bits per heavy atom. The molecule has 3 nitrogen and oxygen atoms in total. The predicted octanol–water partition coefficient (Wildman–Crippen LogP) is 1.51. The molecule has 0 aliphatic heterocycles. The summed E-state index contributed by atoms with van der Waals surface area (Å²) in [5.74, 6) is 0. The minimum atomic E-state index is 0.618. The van der Waals surface area contributed by atoms with Crippen molar-refractivity contribution in [2.24, 2.45) is 0 Å². The molecule has 0 amide bonds. The first-order valence-corrected chi connectivity index (χ1v) is 5.50. The number of rotatable bonds is 6. The molecule has 3 heteroatoms. The summed E-state index contributed by atoms with van der Waals surface area (Å²) in [5.41, 5.74) is 1.29. The first-order chi connectivity index (χ1) is 7.20.